The first-order valence-corrected chi connectivity index (χ1v) is 9.99. The van der Waals surface area contributed by atoms with Crippen molar-refractivity contribution in [2.75, 3.05) is 39.1 Å². The third-order valence-corrected chi connectivity index (χ3v) is 5.73. The zero-order chi connectivity index (χ0) is 20.1. The predicted octanol–water partition coefficient (Wildman–Crippen LogP) is 3.89. The minimum absolute atomic E-state index is 0.157. The van der Waals surface area contributed by atoms with Crippen molar-refractivity contribution in [3.63, 3.8) is 0 Å². The molecule has 0 aromatic heterocycles. The molecule has 6 heteroatoms. The van der Waals surface area contributed by atoms with Gasteiger partial charge in [0, 0.05) is 39.3 Å². The van der Waals surface area contributed by atoms with Gasteiger partial charge in [-0.2, -0.15) is 0 Å². The molecule has 0 bridgehead atoms. The van der Waals surface area contributed by atoms with Crippen molar-refractivity contribution in [3.8, 4) is 5.75 Å². The van der Waals surface area contributed by atoms with Gasteiger partial charge in [0.2, 0.25) is 0 Å². The van der Waals surface area contributed by atoms with E-state index in [4.69, 9.17) is 16.3 Å². The highest BCUT2D eigenvalue weighted by Gasteiger charge is 2.30. The van der Waals surface area contributed by atoms with Crippen LogP contribution >= 0.6 is 11.6 Å². The average molecular weight is 402 g/mol. The first-order chi connectivity index (χ1) is 13.5. The van der Waals surface area contributed by atoms with E-state index >= 15 is 0 Å². The number of nitrogens with one attached hydrogen (secondary N) is 2. The van der Waals surface area contributed by atoms with E-state index in [1.165, 1.54) is 5.56 Å². The van der Waals surface area contributed by atoms with Gasteiger partial charge >= 0.3 is 0 Å². The number of likely N-dealkylation sites (tertiary alicyclic amines) is 1. The SMILES string of the molecule is CNc1cc(OC)c(C(=O)NC[C@H]2CN(Cc3ccccc3)C[C@H]2C)cc1Cl. The third kappa shape index (κ3) is 4.78. The summed E-state index contributed by atoms with van der Waals surface area (Å²) in [5.41, 5.74) is 2.51. The van der Waals surface area contributed by atoms with Crippen LogP contribution in [0.5, 0.6) is 5.75 Å². The molecule has 2 N–H and O–H groups in total. The number of methoxy groups -OCH3 is 1. The molecule has 0 unspecified atom stereocenters. The monoisotopic (exact) mass is 401 g/mol. The fraction of sp³-hybridized carbons (Fsp3) is 0.409. The molecule has 2 atom stereocenters. The van der Waals surface area contributed by atoms with E-state index in [0.717, 1.165) is 25.3 Å². The zero-order valence-electron chi connectivity index (χ0n) is 16.7. The Morgan fingerprint density at radius 2 is 2.00 bits per heavy atom. The average Bonchev–Trinajstić information content (AvgIpc) is 3.05. The Hall–Kier alpha value is -2.24. The smallest absolute Gasteiger partial charge is 0.255 e. The second kappa shape index (κ2) is 9.30. The number of carbonyl (C=O) groups excluding carboxylic acids is 1. The molecule has 3 rings (SSSR count). The molecule has 1 heterocycles. The minimum atomic E-state index is -0.157. The van der Waals surface area contributed by atoms with Crippen LogP contribution in [-0.4, -0.2) is 44.6 Å². The molecule has 1 amide bonds. The maximum absolute atomic E-state index is 12.7. The normalized spacial score (nSPS) is 19.4. The summed E-state index contributed by atoms with van der Waals surface area (Å²) < 4.78 is 5.37. The first-order valence-electron chi connectivity index (χ1n) is 9.61. The van der Waals surface area contributed by atoms with Gasteiger partial charge in [0.25, 0.3) is 5.91 Å². The number of rotatable bonds is 7. The molecule has 1 saturated heterocycles. The van der Waals surface area contributed by atoms with Gasteiger partial charge in [-0.3, -0.25) is 9.69 Å². The van der Waals surface area contributed by atoms with E-state index in [1.807, 2.05) is 6.07 Å². The highest BCUT2D eigenvalue weighted by atomic mass is 35.5. The van der Waals surface area contributed by atoms with Crippen LogP contribution in [0.15, 0.2) is 42.5 Å². The Kier molecular flexibility index (Phi) is 6.81. The molecule has 1 aliphatic rings. The third-order valence-electron chi connectivity index (χ3n) is 5.42. The van der Waals surface area contributed by atoms with Crippen LogP contribution in [0.3, 0.4) is 0 Å². The molecule has 28 heavy (non-hydrogen) atoms. The largest absolute Gasteiger partial charge is 0.496 e. The number of nitrogens with zero attached hydrogens (tertiary/aromatic N) is 1. The number of benzene rings is 2. The van der Waals surface area contributed by atoms with Crippen LogP contribution in [0.4, 0.5) is 5.69 Å². The second-order valence-corrected chi connectivity index (χ2v) is 7.82. The van der Waals surface area contributed by atoms with E-state index in [0.29, 0.717) is 34.7 Å². The maximum Gasteiger partial charge on any atom is 0.255 e. The number of carbonyl (C=O) groups is 1. The van der Waals surface area contributed by atoms with E-state index in [9.17, 15) is 4.79 Å². The summed E-state index contributed by atoms with van der Waals surface area (Å²) in [6.45, 7) is 5.86. The van der Waals surface area contributed by atoms with Crippen molar-refractivity contribution in [1.82, 2.24) is 10.2 Å². The molecule has 2 aromatic carbocycles. The summed E-state index contributed by atoms with van der Waals surface area (Å²) >= 11 is 6.24. The quantitative estimate of drug-likeness (QED) is 0.739. The van der Waals surface area contributed by atoms with Crippen LogP contribution in [-0.2, 0) is 6.54 Å². The first kappa shape index (κ1) is 20.5. The molecule has 150 valence electrons. The van der Waals surface area contributed by atoms with Crippen molar-refractivity contribution >= 4 is 23.2 Å². The lowest BCUT2D eigenvalue weighted by atomic mass is 9.98. The van der Waals surface area contributed by atoms with Crippen LogP contribution in [0.2, 0.25) is 5.02 Å². The highest BCUT2D eigenvalue weighted by Crippen LogP contribution is 2.31. The van der Waals surface area contributed by atoms with Crippen LogP contribution in [0, 0.1) is 11.8 Å². The molecule has 1 fully saturated rings. The molecule has 1 aliphatic heterocycles. The Bertz CT molecular complexity index is 813. The van der Waals surface area contributed by atoms with Gasteiger partial charge in [-0.1, -0.05) is 48.9 Å². The zero-order valence-corrected chi connectivity index (χ0v) is 17.4. The molecule has 0 saturated carbocycles. The fourth-order valence-corrected chi connectivity index (χ4v) is 4.05. The van der Waals surface area contributed by atoms with Crippen molar-refractivity contribution in [1.29, 1.82) is 0 Å². The number of ether oxygens (including phenoxy) is 1. The molecule has 0 spiro atoms. The summed E-state index contributed by atoms with van der Waals surface area (Å²) in [6, 6.07) is 13.9. The van der Waals surface area contributed by atoms with E-state index < -0.39 is 0 Å². The molecule has 0 radical (unpaired) electrons. The van der Waals surface area contributed by atoms with Gasteiger partial charge in [0.05, 0.1) is 23.4 Å². The van der Waals surface area contributed by atoms with Gasteiger partial charge in [-0.25, -0.2) is 0 Å². The Balaban J connectivity index is 1.59. The van der Waals surface area contributed by atoms with Crippen molar-refractivity contribution in [3.05, 3.63) is 58.6 Å². The lowest BCUT2D eigenvalue weighted by molar-refractivity contribution is 0.0942. The molecule has 5 nitrogen and oxygen atoms in total. The number of halogens is 1. The molecule has 2 aromatic rings. The summed E-state index contributed by atoms with van der Waals surface area (Å²) in [7, 11) is 3.34. The van der Waals surface area contributed by atoms with Crippen molar-refractivity contribution in [2.45, 2.75) is 13.5 Å². The predicted molar refractivity (Wildman–Crippen MR) is 114 cm³/mol. The van der Waals surface area contributed by atoms with Crippen LogP contribution in [0.25, 0.3) is 0 Å². The van der Waals surface area contributed by atoms with Crippen molar-refractivity contribution < 1.29 is 9.53 Å². The van der Waals surface area contributed by atoms with Gasteiger partial charge in [0.1, 0.15) is 5.75 Å². The summed E-state index contributed by atoms with van der Waals surface area (Å²) in [5, 5.41) is 6.56. The van der Waals surface area contributed by atoms with E-state index in [2.05, 4.69) is 46.7 Å². The summed E-state index contributed by atoms with van der Waals surface area (Å²) in [5.74, 6) is 1.30. The lowest BCUT2D eigenvalue weighted by Crippen LogP contribution is -2.32. The van der Waals surface area contributed by atoms with E-state index in [-0.39, 0.29) is 5.91 Å². The maximum atomic E-state index is 12.7. The minimum Gasteiger partial charge on any atom is -0.496 e. The number of amides is 1. The van der Waals surface area contributed by atoms with Gasteiger partial charge < -0.3 is 15.4 Å². The molecular weight excluding hydrogens is 374 g/mol. The molecular formula is C22H28ClN3O2. The lowest BCUT2D eigenvalue weighted by Gasteiger charge is -2.17. The Labute approximate surface area is 172 Å². The van der Waals surface area contributed by atoms with E-state index in [1.54, 1.807) is 26.3 Å². The highest BCUT2D eigenvalue weighted by molar-refractivity contribution is 6.33. The van der Waals surface area contributed by atoms with Gasteiger partial charge in [0.15, 0.2) is 0 Å². The Morgan fingerprint density at radius 3 is 2.68 bits per heavy atom. The van der Waals surface area contributed by atoms with Crippen LogP contribution in [0.1, 0.15) is 22.8 Å². The topological polar surface area (TPSA) is 53.6 Å². The van der Waals surface area contributed by atoms with Gasteiger partial charge in [-0.05, 0) is 23.5 Å². The number of hydrogen-bond acceptors (Lipinski definition) is 4. The standard InChI is InChI=1S/C22H28ClN3O2/c1-15-12-26(13-16-7-5-4-6-8-16)14-17(15)11-25-22(27)18-9-19(23)20(24-2)10-21(18)28-3/h4-10,15,17,24H,11-14H2,1-3H3,(H,25,27)/t15-,17+/m1/s1. The number of anilines is 1. The number of hydrogen-bond donors (Lipinski definition) is 2. The Morgan fingerprint density at radius 1 is 1.25 bits per heavy atom. The summed E-state index contributed by atoms with van der Waals surface area (Å²) in [6.07, 6.45) is 0. The summed E-state index contributed by atoms with van der Waals surface area (Å²) in [4.78, 5) is 15.2. The van der Waals surface area contributed by atoms with Gasteiger partial charge in [-0.15, -0.1) is 0 Å². The second-order valence-electron chi connectivity index (χ2n) is 7.41. The van der Waals surface area contributed by atoms with Crippen LogP contribution < -0.4 is 15.4 Å². The molecule has 0 aliphatic carbocycles. The van der Waals surface area contributed by atoms with Crippen molar-refractivity contribution in [2.24, 2.45) is 11.8 Å². The fourth-order valence-electron chi connectivity index (χ4n) is 3.79.